The van der Waals surface area contributed by atoms with Crippen LogP contribution >= 0.6 is 34.0 Å². The maximum Gasteiger partial charge on any atom is 0.265 e. The van der Waals surface area contributed by atoms with Crippen LogP contribution in [-0.2, 0) is 10.8 Å². The van der Waals surface area contributed by atoms with Crippen LogP contribution in [0, 0.1) is 35.8 Å². The fraction of sp³-hybridized carbons (Fsp3) is 0.429. The van der Waals surface area contributed by atoms with Gasteiger partial charge in [0.2, 0.25) is 0 Å². The molecule has 0 radical (unpaired) electrons. The standard InChI is InChI=1S/C42H36N4S3/c1-45-30(23-43)25-11-9-13-27(19-25)32-21-29-38(47-32)35-36(41(29)15-5-3-6-16-41)40-37(42(35)17-7-4-8-18-42)39-34(49-40)22-33(48-39)28-14-10-12-26(20-28)31(24-44)46-2/h19-22H,3-18H2/b30-25+,31-26-. The molecule has 2 spiro atoms. The van der Waals surface area contributed by atoms with E-state index in [0.717, 1.165) is 49.7 Å². The fourth-order valence-electron chi connectivity index (χ4n) is 10.2. The number of nitrogens with zero attached hydrogens (tertiary/aromatic N) is 4. The number of nitriles is 2. The summed E-state index contributed by atoms with van der Waals surface area (Å²) >= 11 is 6.05. The first-order valence-electron chi connectivity index (χ1n) is 18.0. The van der Waals surface area contributed by atoms with E-state index in [4.69, 9.17) is 13.1 Å². The van der Waals surface area contributed by atoms with Crippen LogP contribution in [0.5, 0.6) is 0 Å². The number of thiophene rings is 3. The van der Waals surface area contributed by atoms with Gasteiger partial charge in [-0.1, -0.05) is 50.7 Å². The Morgan fingerprint density at radius 1 is 0.633 bits per heavy atom. The minimum atomic E-state index is 0.0648. The lowest BCUT2D eigenvalue weighted by molar-refractivity contribution is 0.373. The van der Waals surface area contributed by atoms with Crippen molar-refractivity contribution in [1.82, 2.24) is 0 Å². The smallest absolute Gasteiger partial charge is 0.226 e. The van der Waals surface area contributed by atoms with Gasteiger partial charge >= 0.3 is 0 Å². The second-order valence-electron chi connectivity index (χ2n) is 14.7. The molecule has 2 saturated carbocycles. The maximum atomic E-state index is 9.63. The Labute approximate surface area is 300 Å². The van der Waals surface area contributed by atoms with Crippen molar-refractivity contribution in [3.63, 3.8) is 0 Å². The van der Waals surface area contributed by atoms with Crippen molar-refractivity contribution in [2.75, 3.05) is 0 Å². The van der Waals surface area contributed by atoms with E-state index < -0.39 is 0 Å². The van der Waals surface area contributed by atoms with Crippen LogP contribution in [0.1, 0.15) is 133 Å². The summed E-state index contributed by atoms with van der Waals surface area (Å²) in [7, 11) is 0. The van der Waals surface area contributed by atoms with Crippen LogP contribution in [0.25, 0.3) is 41.4 Å². The summed E-state index contributed by atoms with van der Waals surface area (Å²) in [5.41, 5.74) is 11.7. The van der Waals surface area contributed by atoms with Crippen molar-refractivity contribution < 1.29 is 0 Å². The van der Waals surface area contributed by atoms with Crippen molar-refractivity contribution in [2.24, 2.45) is 0 Å². The van der Waals surface area contributed by atoms with Crippen molar-refractivity contribution >= 4 is 65.7 Å². The molecule has 49 heavy (non-hydrogen) atoms. The molecule has 4 nitrogen and oxygen atoms in total. The average Bonchev–Trinajstić information content (AvgIpc) is 3.93. The van der Waals surface area contributed by atoms with E-state index in [-0.39, 0.29) is 22.2 Å². The Morgan fingerprint density at radius 2 is 1.18 bits per heavy atom. The normalized spacial score (nSPS) is 23.9. The van der Waals surface area contributed by atoms with E-state index in [1.165, 1.54) is 94.5 Å². The monoisotopic (exact) mass is 692 g/mol. The molecule has 0 amide bonds. The molecule has 6 aliphatic carbocycles. The van der Waals surface area contributed by atoms with Crippen LogP contribution in [0.4, 0.5) is 0 Å². The Balaban J connectivity index is 1.22. The van der Waals surface area contributed by atoms with Crippen molar-refractivity contribution in [2.45, 2.75) is 114 Å². The molecular weight excluding hydrogens is 657 g/mol. The van der Waals surface area contributed by atoms with Gasteiger partial charge in [-0.05, 0) is 121 Å². The van der Waals surface area contributed by atoms with Crippen LogP contribution < -0.4 is 0 Å². The summed E-state index contributed by atoms with van der Waals surface area (Å²) in [5, 5.41) is 19.2. The van der Waals surface area contributed by atoms with Gasteiger partial charge in [-0.25, -0.2) is 20.2 Å². The second kappa shape index (κ2) is 11.8. The van der Waals surface area contributed by atoms with Gasteiger partial charge in [0.1, 0.15) is 0 Å². The van der Waals surface area contributed by atoms with Crippen LogP contribution in [0.15, 0.2) is 46.8 Å². The molecular formula is C42H36N4S3. The molecule has 3 aromatic rings. The third kappa shape index (κ3) is 4.46. The van der Waals surface area contributed by atoms with E-state index in [1.54, 1.807) is 32.0 Å². The van der Waals surface area contributed by atoms with Gasteiger partial charge in [0, 0.05) is 35.0 Å². The molecule has 242 valence electrons. The van der Waals surface area contributed by atoms with Gasteiger partial charge in [-0.15, -0.1) is 34.0 Å². The van der Waals surface area contributed by atoms with Gasteiger partial charge in [-0.2, -0.15) is 0 Å². The first-order valence-corrected chi connectivity index (χ1v) is 20.4. The zero-order chi connectivity index (χ0) is 33.3. The largest absolute Gasteiger partial charge is 0.265 e. The number of hydrogen-bond donors (Lipinski definition) is 0. The summed E-state index contributed by atoms with van der Waals surface area (Å²) in [6, 6.07) is 9.29. The Bertz CT molecular complexity index is 2250. The summed E-state index contributed by atoms with van der Waals surface area (Å²) < 4.78 is 2.91. The van der Waals surface area contributed by atoms with Crippen molar-refractivity contribution in [1.29, 1.82) is 10.5 Å². The van der Waals surface area contributed by atoms with E-state index >= 15 is 0 Å². The van der Waals surface area contributed by atoms with Crippen LogP contribution in [0.2, 0.25) is 0 Å². The predicted molar refractivity (Wildman–Crippen MR) is 202 cm³/mol. The molecule has 0 aromatic carbocycles. The molecule has 0 saturated heterocycles. The lowest BCUT2D eigenvalue weighted by Crippen LogP contribution is -2.28. The highest BCUT2D eigenvalue weighted by atomic mass is 32.1. The van der Waals surface area contributed by atoms with Gasteiger partial charge in [-0.3, -0.25) is 0 Å². The molecule has 0 aliphatic heterocycles. The summed E-state index contributed by atoms with van der Waals surface area (Å²) in [5.74, 6) is 0. The van der Waals surface area contributed by atoms with Gasteiger partial charge < -0.3 is 0 Å². The zero-order valence-electron chi connectivity index (χ0n) is 27.6. The van der Waals surface area contributed by atoms with E-state index in [1.807, 2.05) is 22.7 Å². The first-order chi connectivity index (χ1) is 24.0. The number of rotatable bonds is 2. The average molecular weight is 693 g/mol. The molecule has 9 rings (SSSR count). The molecule has 0 N–H and O–H groups in total. The lowest BCUT2D eigenvalue weighted by atomic mass is 9.67. The molecule has 7 heteroatoms. The number of allylic oxidation sites excluding steroid dienone is 10. The summed E-state index contributed by atoms with van der Waals surface area (Å²) in [6.07, 6.45) is 22.6. The van der Waals surface area contributed by atoms with Gasteiger partial charge in [0.15, 0.2) is 0 Å². The minimum Gasteiger partial charge on any atom is -0.226 e. The Kier molecular flexibility index (Phi) is 7.49. The molecule has 0 atom stereocenters. The van der Waals surface area contributed by atoms with Gasteiger partial charge in [0.25, 0.3) is 11.4 Å². The molecule has 0 bridgehead atoms. The number of fused-ring (bicyclic) bond motifs is 10. The quantitative estimate of drug-likeness (QED) is 0.198. The van der Waals surface area contributed by atoms with E-state index in [0.29, 0.717) is 0 Å². The Hall–Kier alpha value is -3.98. The molecule has 2 fully saturated rings. The van der Waals surface area contributed by atoms with Crippen LogP contribution in [-0.4, -0.2) is 0 Å². The van der Waals surface area contributed by atoms with Crippen LogP contribution in [0.3, 0.4) is 0 Å². The highest BCUT2D eigenvalue weighted by molar-refractivity contribution is 7.29. The minimum absolute atomic E-state index is 0.0648. The van der Waals surface area contributed by atoms with E-state index in [2.05, 4.69) is 57.5 Å². The third-order valence-corrected chi connectivity index (χ3v) is 16.1. The summed E-state index contributed by atoms with van der Waals surface area (Å²) in [4.78, 5) is 12.9. The lowest BCUT2D eigenvalue weighted by Gasteiger charge is -2.37. The van der Waals surface area contributed by atoms with Gasteiger partial charge in [0.05, 0.1) is 30.0 Å². The SMILES string of the molecule is [C-]#[N+]/C(C#N)=C1\C=C(c2cc3sc4c(c3s2)C2(CCCCC2)C2=C4C3(CCCCC3)c3cc(C4=C/C(=C(\C#N)[N+]#[C-])CCC4)sc32)CCC1. The molecule has 0 unspecified atom stereocenters. The molecule has 3 aromatic heterocycles. The van der Waals surface area contributed by atoms with E-state index in [9.17, 15) is 10.5 Å². The fourth-order valence-corrected chi connectivity index (χ4v) is 14.7. The predicted octanol–water partition coefficient (Wildman–Crippen LogP) is 12.9. The molecule has 6 aliphatic rings. The highest BCUT2D eigenvalue weighted by Gasteiger charge is 2.59. The Morgan fingerprint density at radius 3 is 1.76 bits per heavy atom. The zero-order valence-corrected chi connectivity index (χ0v) is 30.1. The third-order valence-electron chi connectivity index (χ3n) is 12.3. The second-order valence-corrected chi connectivity index (χ2v) is 17.9. The number of hydrogen-bond acceptors (Lipinski definition) is 5. The first kappa shape index (κ1) is 31.0. The summed E-state index contributed by atoms with van der Waals surface area (Å²) in [6.45, 7) is 15.1. The molecule has 3 heterocycles. The maximum absolute atomic E-state index is 9.63. The van der Waals surface area contributed by atoms with Crippen molar-refractivity contribution in [3.05, 3.63) is 100 Å². The highest BCUT2D eigenvalue weighted by Crippen LogP contribution is 2.73. The van der Waals surface area contributed by atoms with Crippen molar-refractivity contribution in [3.8, 4) is 12.1 Å². The topological polar surface area (TPSA) is 56.3 Å².